The summed E-state index contributed by atoms with van der Waals surface area (Å²) in [5, 5.41) is 3.90. The first-order valence-electron chi connectivity index (χ1n) is 8.88. The highest BCUT2D eigenvalue weighted by molar-refractivity contribution is 5.98. The molecule has 140 valence electrons. The Balaban J connectivity index is 1.53. The van der Waals surface area contributed by atoms with Crippen molar-refractivity contribution in [2.45, 2.75) is 6.54 Å². The summed E-state index contributed by atoms with van der Waals surface area (Å²) in [5.41, 5.74) is 10.1. The van der Waals surface area contributed by atoms with Crippen LogP contribution in [0.15, 0.2) is 66.9 Å². The van der Waals surface area contributed by atoms with E-state index in [1.807, 2.05) is 60.7 Å². The lowest BCUT2D eigenvalue weighted by Gasteiger charge is -2.06. The molecule has 6 nitrogen and oxygen atoms in total. The first-order chi connectivity index (χ1) is 13.6. The molecule has 28 heavy (non-hydrogen) atoms. The van der Waals surface area contributed by atoms with Crippen molar-refractivity contribution in [2.24, 2.45) is 0 Å². The van der Waals surface area contributed by atoms with Gasteiger partial charge in [0.2, 0.25) is 0 Å². The van der Waals surface area contributed by atoms with Crippen molar-refractivity contribution in [3.8, 4) is 16.9 Å². The molecule has 0 unspecified atom stereocenters. The molecular weight excluding hydrogens is 352 g/mol. The van der Waals surface area contributed by atoms with Gasteiger partial charge < -0.3 is 20.8 Å². The number of ether oxygens (including phenoxy) is 1. The van der Waals surface area contributed by atoms with E-state index < -0.39 is 0 Å². The molecule has 0 saturated heterocycles. The van der Waals surface area contributed by atoms with Crippen LogP contribution in [0.5, 0.6) is 5.75 Å². The van der Waals surface area contributed by atoms with Crippen molar-refractivity contribution in [2.75, 3.05) is 12.8 Å². The van der Waals surface area contributed by atoms with E-state index in [0.29, 0.717) is 18.1 Å². The molecule has 2 aromatic carbocycles. The molecule has 0 bridgehead atoms. The summed E-state index contributed by atoms with van der Waals surface area (Å²) < 4.78 is 5.21. The number of nitrogens with one attached hydrogen (secondary N) is 2. The largest absolute Gasteiger partial charge is 0.497 e. The molecule has 4 N–H and O–H groups in total. The summed E-state index contributed by atoms with van der Waals surface area (Å²) in [7, 11) is 1.62. The van der Waals surface area contributed by atoms with Crippen LogP contribution in [-0.4, -0.2) is 23.0 Å². The molecule has 0 aliphatic heterocycles. The highest BCUT2D eigenvalue weighted by Gasteiger charge is 2.10. The fraction of sp³-hybridized carbons (Fsp3) is 0.0909. The molecule has 1 amide bonds. The van der Waals surface area contributed by atoms with Crippen LogP contribution >= 0.6 is 0 Å². The summed E-state index contributed by atoms with van der Waals surface area (Å²) in [5.74, 6) is 1.08. The lowest BCUT2D eigenvalue weighted by molar-refractivity contribution is 0.0946. The number of H-pyrrole nitrogens is 1. The van der Waals surface area contributed by atoms with Crippen molar-refractivity contribution in [3.63, 3.8) is 0 Å². The third kappa shape index (κ3) is 3.66. The molecular formula is C22H20N4O2. The zero-order valence-corrected chi connectivity index (χ0v) is 15.4. The average molecular weight is 372 g/mol. The maximum Gasteiger partial charge on any atom is 0.267 e. The smallest absolute Gasteiger partial charge is 0.267 e. The number of carbonyl (C=O) groups is 1. The summed E-state index contributed by atoms with van der Waals surface area (Å²) in [4.78, 5) is 19.8. The minimum atomic E-state index is -0.159. The number of anilines is 1. The SMILES string of the molecule is COc1cccc(CNC(=O)c2cc3ccc(-c4ccnc(N)c4)cc3[nH]2)c1. The second-order valence-electron chi connectivity index (χ2n) is 6.49. The predicted molar refractivity (Wildman–Crippen MR) is 110 cm³/mol. The van der Waals surface area contributed by atoms with Crippen LogP contribution in [0.25, 0.3) is 22.0 Å². The Hall–Kier alpha value is -3.80. The number of nitrogens with two attached hydrogens (primary N) is 1. The number of hydrogen-bond acceptors (Lipinski definition) is 4. The Labute approximate surface area is 162 Å². The number of rotatable bonds is 5. The standard InChI is InChI=1S/C22H20N4O2/c1-28-18-4-2-3-14(9-18)13-25-22(27)20-11-17-6-5-15(10-19(17)26-20)16-7-8-24-21(23)12-16/h2-12,26H,13H2,1H3,(H2,23,24)(H,25,27). The van der Waals surface area contributed by atoms with E-state index in [0.717, 1.165) is 33.3 Å². The quantitative estimate of drug-likeness (QED) is 0.497. The average Bonchev–Trinajstić information content (AvgIpc) is 3.15. The number of aromatic nitrogens is 2. The van der Waals surface area contributed by atoms with E-state index in [4.69, 9.17) is 10.5 Å². The molecule has 0 saturated carbocycles. The molecule has 0 atom stereocenters. The Kier molecular flexibility index (Phi) is 4.68. The second kappa shape index (κ2) is 7.44. The van der Waals surface area contributed by atoms with Gasteiger partial charge >= 0.3 is 0 Å². The number of benzene rings is 2. The Morgan fingerprint density at radius 3 is 2.79 bits per heavy atom. The number of pyridine rings is 1. The normalized spacial score (nSPS) is 10.8. The zero-order valence-electron chi connectivity index (χ0n) is 15.4. The molecule has 0 aliphatic carbocycles. The van der Waals surface area contributed by atoms with Gasteiger partial charge in [0.05, 0.1) is 7.11 Å². The maximum absolute atomic E-state index is 12.5. The van der Waals surface area contributed by atoms with E-state index in [2.05, 4.69) is 15.3 Å². The van der Waals surface area contributed by atoms with Crippen LogP contribution in [-0.2, 0) is 6.54 Å². The summed E-state index contributed by atoms with van der Waals surface area (Å²) in [6.07, 6.45) is 1.68. The second-order valence-corrected chi connectivity index (χ2v) is 6.49. The van der Waals surface area contributed by atoms with Gasteiger partial charge in [-0.15, -0.1) is 0 Å². The van der Waals surface area contributed by atoms with Gasteiger partial charge in [-0.1, -0.05) is 24.3 Å². The van der Waals surface area contributed by atoms with Gasteiger partial charge in [-0.3, -0.25) is 4.79 Å². The molecule has 4 aromatic rings. The van der Waals surface area contributed by atoms with Gasteiger partial charge in [-0.2, -0.15) is 0 Å². The van der Waals surface area contributed by atoms with E-state index in [-0.39, 0.29) is 5.91 Å². The van der Waals surface area contributed by atoms with Crippen LogP contribution < -0.4 is 15.8 Å². The monoisotopic (exact) mass is 372 g/mol. The molecule has 2 heterocycles. The van der Waals surface area contributed by atoms with E-state index >= 15 is 0 Å². The van der Waals surface area contributed by atoms with Crippen molar-refractivity contribution < 1.29 is 9.53 Å². The third-order valence-corrected chi connectivity index (χ3v) is 4.57. The van der Waals surface area contributed by atoms with Crippen molar-refractivity contribution in [1.29, 1.82) is 0 Å². The number of amides is 1. The van der Waals surface area contributed by atoms with Crippen LogP contribution in [0.3, 0.4) is 0 Å². The molecule has 6 heteroatoms. The topological polar surface area (TPSA) is 93.0 Å². The zero-order chi connectivity index (χ0) is 19.5. The van der Waals surface area contributed by atoms with Gasteiger partial charge in [-0.25, -0.2) is 4.98 Å². The fourth-order valence-electron chi connectivity index (χ4n) is 3.12. The molecule has 0 aliphatic rings. The number of nitrogens with zero attached hydrogens (tertiary/aromatic N) is 1. The molecule has 2 aromatic heterocycles. The summed E-state index contributed by atoms with van der Waals surface area (Å²) in [6, 6.07) is 19.2. The molecule has 0 fully saturated rings. The Bertz CT molecular complexity index is 1150. The summed E-state index contributed by atoms with van der Waals surface area (Å²) >= 11 is 0. The molecule has 0 radical (unpaired) electrons. The van der Waals surface area contributed by atoms with Crippen molar-refractivity contribution in [3.05, 3.63) is 78.1 Å². The van der Waals surface area contributed by atoms with E-state index in [1.165, 1.54) is 0 Å². The number of aromatic amines is 1. The van der Waals surface area contributed by atoms with Crippen molar-refractivity contribution in [1.82, 2.24) is 15.3 Å². The number of methoxy groups -OCH3 is 1. The highest BCUT2D eigenvalue weighted by atomic mass is 16.5. The van der Waals surface area contributed by atoms with Crippen LogP contribution in [0.1, 0.15) is 16.1 Å². The number of fused-ring (bicyclic) bond motifs is 1. The third-order valence-electron chi connectivity index (χ3n) is 4.57. The number of carbonyl (C=O) groups excluding carboxylic acids is 1. The van der Waals surface area contributed by atoms with Crippen LogP contribution in [0.4, 0.5) is 5.82 Å². The maximum atomic E-state index is 12.5. The first kappa shape index (κ1) is 17.6. The fourth-order valence-corrected chi connectivity index (χ4v) is 3.12. The lowest BCUT2D eigenvalue weighted by atomic mass is 10.1. The number of nitrogen functional groups attached to an aromatic ring is 1. The van der Waals surface area contributed by atoms with Crippen molar-refractivity contribution >= 4 is 22.6 Å². The van der Waals surface area contributed by atoms with E-state index in [1.54, 1.807) is 13.3 Å². The Morgan fingerprint density at radius 1 is 1.11 bits per heavy atom. The van der Waals surface area contributed by atoms with Gasteiger partial charge in [-0.05, 0) is 53.1 Å². The van der Waals surface area contributed by atoms with Gasteiger partial charge in [0.15, 0.2) is 0 Å². The van der Waals surface area contributed by atoms with Gasteiger partial charge in [0.1, 0.15) is 17.3 Å². The summed E-state index contributed by atoms with van der Waals surface area (Å²) in [6.45, 7) is 0.424. The minimum absolute atomic E-state index is 0.159. The molecule has 4 rings (SSSR count). The highest BCUT2D eigenvalue weighted by Crippen LogP contribution is 2.25. The van der Waals surface area contributed by atoms with E-state index in [9.17, 15) is 4.79 Å². The minimum Gasteiger partial charge on any atom is -0.497 e. The van der Waals surface area contributed by atoms with Gasteiger partial charge in [0.25, 0.3) is 5.91 Å². The lowest BCUT2D eigenvalue weighted by Crippen LogP contribution is -2.23. The first-order valence-corrected chi connectivity index (χ1v) is 8.88. The number of hydrogen-bond donors (Lipinski definition) is 3. The Morgan fingerprint density at radius 2 is 1.96 bits per heavy atom. The van der Waals surface area contributed by atoms with Crippen LogP contribution in [0, 0.1) is 0 Å². The predicted octanol–water partition coefficient (Wildman–Crippen LogP) is 3.75. The van der Waals surface area contributed by atoms with Gasteiger partial charge in [0, 0.05) is 23.6 Å². The van der Waals surface area contributed by atoms with Crippen LogP contribution in [0.2, 0.25) is 0 Å². The molecule has 0 spiro atoms.